The highest BCUT2D eigenvalue weighted by atomic mass is 14.8. The SMILES string of the molecule is CC#CCCNCc1ccc2cc[nH]c2c1. The lowest BCUT2D eigenvalue weighted by Gasteiger charge is -2.02. The molecule has 0 saturated carbocycles. The fourth-order valence-electron chi connectivity index (χ4n) is 1.71. The average molecular weight is 212 g/mol. The first-order chi connectivity index (χ1) is 7.90. The minimum Gasteiger partial charge on any atom is -0.361 e. The molecule has 0 spiro atoms. The Morgan fingerprint density at radius 2 is 2.25 bits per heavy atom. The number of H-pyrrole nitrogens is 1. The van der Waals surface area contributed by atoms with Crippen LogP contribution >= 0.6 is 0 Å². The summed E-state index contributed by atoms with van der Waals surface area (Å²) in [6, 6.07) is 8.58. The van der Waals surface area contributed by atoms with E-state index >= 15 is 0 Å². The lowest BCUT2D eigenvalue weighted by Crippen LogP contribution is -2.13. The molecule has 0 aliphatic carbocycles. The summed E-state index contributed by atoms with van der Waals surface area (Å²) < 4.78 is 0. The van der Waals surface area contributed by atoms with E-state index in [-0.39, 0.29) is 0 Å². The molecule has 1 aromatic carbocycles. The topological polar surface area (TPSA) is 27.8 Å². The van der Waals surface area contributed by atoms with Crippen LogP contribution in [0, 0.1) is 11.8 Å². The van der Waals surface area contributed by atoms with Crippen molar-refractivity contribution in [2.45, 2.75) is 19.9 Å². The molecule has 16 heavy (non-hydrogen) atoms. The van der Waals surface area contributed by atoms with E-state index in [2.05, 4.69) is 46.4 Å². The summed E-state index contributed by atoms with van der Waals surface area (Å²) in [5.74, 6) is 5.93. The zero-order chi connectivity index (χ0) is 11.2. The first kappa shape index (κ1) is 10.8. The minimum absolute atomic E-state index is 0.903. The first-order valence-electron chi connectivity index (χ1n) is 5.56. The van der Waals surface area contributed by atoms with Gasteiger partial charge in [-0.15, -0.1) is 11.8 Å². The van der Waals surface area contributed by atoms with Gasteiger partial charge in [-0.1, -0.05) is 12.1 Å². The maximum absolute atomic E-state index is 3.38. The van der Waals surface area contributed by atoms with E-state index in [0.29, 0.717) is 0 Å². The van der Waals surface area contributed by atoms with E-state index in [1.54, 1.807) is 0 Å². The van der Waals surface area contributed by atoms with E-state index in [4.69, 9.17) is 0 Å². The highest BCUT2D eigenvalue weighted by Gasteiger charge is 1.96. The van der Waals surface area contributed by atoms with Gasteiger partial charge in [-0.25, -0.2) is 0 Å². The number of fused-ring (bicyclic) bond motifs is 1. The Kier molecular flexibility index (Phi) is 3.63. The molecule has 0 bridgehead atoms. The lowest BCUT2D eigenvalue weighted by molar-refractivity contribution is 0.701. The molecule has 2 heteroatoms. The number of nitrogens with one attached hydrogen (secondary N) is 2. The quantitative estimate of drug-likeness (QED) is 0.592. The second-order valence-corrected chi connectivity index (χ2v) is 3.75. The summed E-state index contributed by atoms with van der Waals surface area (Å²) >= 11 is 0. The number of aromatic nitrogens is 1. The Morgan fingerprint density at radius 3 is 3.12 bits per heavy atom. The summed E-state index contributed by atoms with van der Waals surface area (Å²) in [7, 11) is 0. The number of aromatic amines is 1. The number of hydrogen-bond donors (Lipinski definition) is 2. The molecule has 2 rings (SSSR count). The number of benzene rings is 1. The van der Waals surface area contributed by atoms with Crippen LogP contribution in [0.25, 0.3) is 10.9 Å². The molecule has 0 aliphatic rings. The Bertz CT molecular complexity index is 514. The maximum atomic E-state index is 3.38. The van der Waals surface area contributed by atoms with Crippen LogP contribution in [0.1, 0.15) is 18.9 Å². The molecular weight excluding hydrogens is 196 g/mol. The van der Waals surface area contributed by atoms with Gasteiger partial charge in [-0.05, 0) is 30.0 Å². The number of hydrogen-bond acceptors (Lipinski definition) is 1. The van der Waals surface area contributed by atoms with Gasteiger partial charge in [0, 0.05) is 31.2 Å². The minimum atomic E-state index is 0.903. The second kappa shape index (κ2) is 5.39. The van der Waals surface area contributed by atoms with Crippen LogP contribution < -0.4 is 5.32 Å². The summed E-state index contributed by atoms with van der Waals surface area (Å²) in [6.45, 7) is 3.73. The summed E-state index contributed by atoms with van der Waals surface area (Å²) in [5, 5.41) is 4.64. The van der Waals surface area contributed by atoms with Crippen LogP contribution in [0.2, 0.25) is 0 Å². The molecule has 0 radical (unpaired) electrons. The monoisotopic (exact) mass is 212 g/mol. The van der Waals surface area contributed by atoms with Crippen molar-refractivity contribution >= 4 is 10.9 Å². The van der Waals surface area contributed by atoms with Gasteiger partial charge in [-0.3, -0.25) is 0 Å². The molecule has 0 atom stereocenters. The van der Waals surface area contributed by atoms with Crippen LogP contribution in [-0.4, -0.2) is 11.5 Å². The third-order valence-corrected chi connectivity index (χ3v) is 2.55. The third-order valence-electron chi connectivity index (χ3n) is 2.55. The van der Waals surface area contributed by atoms with E-state index < -0.39 is 0 Å². The van der Waals surface area contributed by atoms with Crippen LogP contribution in [0.15, 0.2) is 30.5 Å². The van der Waals surface area contributed by atoms with Crippen molar-refractivity contribution in [1.29, 1.82) is 0 Å². The molecule has 1 aromatic heterocycles. The molecule has 0 unspecified atom stereocenters. The van der Waals surface area contributed by atoms with Gasteiger partial charge in [0.05, 0.1) is 0 Å². The van der Waals surface area contributed by atoms with Gasteiger partial charge in [0.15, 0.2) is 0 Å². The molecule has 82 valence electrons. The van der Waals surface area contributed by atoms with Crippen molar-refractivity contribution in [3.63, 3.8) is 0 Å². The molecule has 0 saturated heterocycles. The standard InChI is InChI=1S/C14H16N2/c1-2-3-4-8-15-11-12-5-6-13-7-9-16-14(13)10-12/h5-7,9-10,15-16H,4,8,11H2,1H3. The summed E-state index contributed by atoms with van der Waals surface area (Å²) in [6.07, 6.45) is 2.89. The van der Waals surface area contributed by atoms with Crippen LogP contribution in [-0.2, 0) is 6.54 Å². The van der Waals surface area contributed by atoms with Crippen LogP contribution in [0.3, 0.4) is 0 Å². The van der Waals surface area contributed by atoms with Crippen molar-refractivity contribution in [1.82, 2.24) is 10.3 Å². The van der Waals surface area contributed by atoms with Gasteiger partial charge in [0.2, 0.25) is 0 Å². The van der Waals surface area contributed by atoms with E-state index in [1.165, 1.54) is 16.5 Å². The smallest absolute Gasteiger partial charge is 0.0457 e. The molecule has 0 aliphatic heterocycles. The molecular formula is C14H16N2. The predicted molar refractivity (Wildman–Crippen MR) is 68.1 cm³/mol. The van der Waals surface area contributed by atoms with Gasteiger partial charge in [-0.2, -0.15) is 0 Å². The van der Waals surface area contributed by atoms with Crippen molar-refractivity contribution in [2.24, 2.45) is 0 Å². The molecule has 2 N–H and O–H groups in total. The van der Waals surface area contributed by atoms with Crippen LogP contribution in [0.4, 0.5) is 0 Å². The molecule has 1 heterocycles. The third kappa shape index (κ3) is 2.65. The summed E-state index contributed by atoms with van der Waals surface area (Å²) in [5.41, 5.74) is 2.51. The van der Waals surface area contributed by atoms with Crippen molar-refractivity contribution < 1.29 is 0 Å². The molecule has 0 fully saturated rings. The van der Waals surface area contributed by atoms with Crippen molar-refractivity contribution in [3.05, 3.63) is 36.0 Å². The maximum Gasteiger partial charge on any atom is 0.0457 e. The fourth-order valence-corrected chi connectivity index (χ4v) is 1.71. The highest BCUT2D eigenvalue weighted by Crippen LogP contribution is 2.13. The van der Waals surface area contributed by atoms with E-state index in [1.807, 2.05) is 13.1 Å². The first-order valence-corrected chi connectivity index (χ1v) is 5.56. The zero-order valence-electron chi connectivity index (χ0n) is 9.51. The van der Waals surface area contributed by atoms with Crippen LogP contribution in [0.5, 0.6) is 0 Å². The highest BCUT2D eigenvalue weighted by molar-refractivity contribution is 5.79. The average Bonchev–Trinajstić information content (AvgIpc) is 2.76. The Morgan fingerprint density at radius 1 is 1.31 bits per heavy atom. The molecule has 0 amide bonds. The largest absolute Gasteiger partial charge is 0.361 e. The molecule has 2 nitrogen and oxygen atoms in total. The Hall–Kier alpha value is -1.72. The van der Waals surface area contributed by atoms with Crippen molar-refractivity contribution in [3.8, 4) is 11.8 Å². The second-order valence-electron chi connectivity index (χ2n) is 3.75. The Balaban J connectivity index is 1.90. The van der Waals surface area contributed by atoms with E-state index in [9.17, 15) is 0 Å². The fraction of sp³-hybridized carbons (Fsp3) is 0.286. The van der Waals surface area contributed by atoms with Gasteiger partial charge in [0.25, 0.3) is 0 Å². The van der Waals surface area contributed by atoms with Crippen molar-refractivity contribution in [2.75, 3.05) is 6.54 Å². The predicted octanol–water partition coefficient (Wildman–Crippen LogP) is 2.67. The lowest BCUT2D eigenvalue weighted by atomic mass is 10.1. The van der Waals surface area contributed by atoms with Gasteiger partial charge in [0.1, 0.15) is 0 Å². The van der Waals surface area contributed by atoms with Gasteiger partial charge < -0.3 is 10.3 Å². The number of rotatable bonds is 4. The zero-order valence-corrected chi connectivity index (χ0v) is 9.51. The Labute approximate surface area is 96.1 Å². The normalized spacial score (nSPS) is 10.1. The molecule has 2 aromatic rings. The van der Waals surface area contributed by atoms with Gasteiger partial charge >= 0.3 is 0 Å². The summed E-state index contributed by atoms with van der Waals surface area (Å²) in [4.78, 5) is 3.22. The van der Waals surface area contributed by atoms with E-state index in [0.717, 1.165) is 19.5 Å².